The Morgan fingerprint density at radius 3 is 2.11 bits per heavy atom. The van der Waals surface area contributed by atoms with Crippen LogP contribution in [0.25, 0.3) is 27.8 Å². The smallest absolute Gasteiger partial charge is 0.201 e. The minimum atomic E-state index is -0.984. The van der Waals surface area contributed by atoms with Crippen LogP contribution in [0.2, 0.25) is 0 Å². The molecule has 4 heteroatoms. The fourth-order valence-corrected chi connectivity index (χ4v) is 4.79. The molecular weight excluding hydrogens is 445 g/mol. The summed E-state index contributed by atoms with van der Waals surface area (Å²) in [6.45, 7) is 4.57. The van der Waals surface area contributed by atoms with Crippen LogP contribution < -0.4 is 4.74 Å². The summed E-state index contributed by atoms with van der Waals surface area (Å²) in [6, 6.07) is 15.2. The molecule has 0 fully saturated rings. The van der Waals surface area contributed by atoms with Crippen molar-refractivity contribution in [3.05, 3.63) is 83.7 Å². The first kappa shape index (κ1) is 25.1. The molecule has 0 aliphatic heterocycles. The van der Waals surface area contributed by atoms with Crippen LogP contribution in [0.15, 0.2) is 60.7 Å². The first-order valence-electron chi connectivity index (χ1n) is 12.7. The van der Waals surface area contributed by atoms with Gasteiger partial charge in [-0.2, -0.15) is 4.39 Å². The van der Waals surface area contributed by atoms with Crippen LogP contribution in [-0.2, 0) is 0 Å². The number of hydrogen-bond donors (Lipinski definition) is 0. The minimum Gasteiger partial charge on any atom is -0.490 e. The third-order valence-electron chi connectivity index (χ3n) is 6.87. The van der Waals surface area contributed by atoms with E-state index in [0.29, 0.717) is 23.3 Å². The molecule has 0 bridgehead atoms. The van der Waals surface area contributed by atoms with E-state index in [-0.39, 0.29) is 17.1 Å². The van der Waals surface area contributed by atoms with Crippen LogP contribution in [0, 0.1) is 23.4 Å². The maximum absolute atomic E-state index is 15.0. The first-order valence-corrected chi connectivity index (χ1v) is 12.7. The molecule has 3 aromatic carbocycles. The number of hydrogen-bond acceptors (Lipinski definition) is 1. The van der Waals surface area contributed by atoms with Crippen molar-refractivity contribution in [2.24, 2.45) is 5.92 Å². The third kappa shape index (κ3) is 5.80. The van der Waals surface area contributed by atoms with Gasteiger partial charge in [0.1, 0.15) is 5.82 Å². The highest BCUT2D eigenvalue weighted by molar-refractivity contribution is 5.74. The predicted octanol–water partition coefficient (Wildman–Crippen LogP) is 9.60. The van der Waals surface area contributed by atoms with E-state index in [2.05, 4.69) is 13.0 Å². The largest absolute Gasteiger partial charge is 0.490 e. The van der Waals surface area contributed by atoms with Gasteiger partial charge in [-0.05, 0) is 72.1 Å². The van der Waals surface area contributed by atoms with E-state index in [9.17, 15) is 8.78 Å². The lowest BCUT2D eigenvalue weighted by molar-refractivity contribution is 0.289. The fraction of sp³-hybridized carbons (Fsp3) is 0.355. The molecule has 0 saturated carbocycles. The Kier molecular flexibility index (Phi) is 8.33. The highest BCUT2D eigenvalue weighted by Gasteiger charge is 2.18. The lowest BCUT2D eigenvalue weighted by Gasteiger charge is -2.22. The monoisotopic (exact) mass is 478 g/mol. The highest BCUT2D eigenvalue weighted by Crippen LogP contribution is 2.35. The van der Waals surface area contributed by atoms with Gasteiger partial charge in [-0.3, -0.25) is 0 Å². The molecule has 0 aromatic heterocycles. The van der Waals surface area contributed by atoms with Crippen molar-refractivity contribution in [3.63, 3.8) is 0 Å². The van der Waals surface area contributed by atoms with Gasteiger partial charge in [-0.1, -0.05) is 75.6 Å². The molecule has 1 nitrogen and oxygen atoms in total. The molecule has 35 heavy (non-hydrogen) atoms. The zero-order valence-electron chi connectivity index (χ0n) is 20.5. The summed E-state index contributed by atoms with van der Waals surface area (Å²) >= 11 is 0. The summed E-state index contributed by atoms with van der Waals surface area (Å²) in [5.41, 5.74) is 4.02. The van der Waals surface area contributed by atoms with Gasteiger partial charge in [0.2, 0.25) is 5.82 Å². The van der Waals surface area contributed by atoms with Gasteiger partial charge in [0.05, 0.1) is 6.61 Å². The van der Waals surface area contributed by atoms with Crippen molar-refractivity contribution in [1.82, 2.24) is 0 Å². The van der Waals surface area contributed by atoms with Crippen LogP contribution in [0.5, 0.6) is 5.75 Å². The van der Waals surface area contributed by atoms with Gasteiger partial charge in [0, 0.05) is 11.1 Å². The minimum absolute atomic E-state index is 0.0764. The van der Waals surface area contributed by atoms with Crippen molar-refractivity contribution >= 4 is 5.57 Å². The van der Waals surface area contributed by atoms with Gasteiger partial charge < -0.3 is 4.74 Å². The van der Waals surface area contributed by atoms with E-state index in [1.807, 2.05) is 13.0 Å². The Morgan fingerprint density at radius 2 is 1.49 bits per heavy atom. The maximum atomic E-state index is 15.0. The van der Waals surface area contributed by atoms with E-state index in [4.69, 9.17) is 4.74 Å². The molecule has 3 aromatic rings. The highest BCUT2D eigenvalue weighted by atomic mass is 19.2. The molecule has 1 unspecified atom stereocenters. The summed E-state index contributed by atoms with van der Waals surface area (Å²) in [5.74, 6) is -1.54. The lowest BCUT2D eigenvalue weighted by atomic mass is 9.84. The van der Waals surface area contributed by atoms with E-state index in [1.165, 1.54) is 30.5 Å². The second kappa shape index (κ2) is 11.6. The molecule has 0 saturated heterocycles. The van der Waals surface area contributed by atoms with Gasteiger partial charge in [0.25, 0.3) is 0 Å². The van der Waals surface area contributed by atoms with Crippen molar-refractivity contribution < 1.29 is 17.9 Å². The molecule has 1 aliphatic carbocycles. The standard InChI is InChI=1S/C31H33F3O/c1-3-5-19-35-29-18-17-27(30(33)31(29)34)24-13-11-23(12-14-24)26-16-15-25(20-28(26)32)22-9-7-21(6-4-2)8-10-22/h9,11-18,20-21H,3-8,10,19H2,1-2H3. The van der Waals surface area contributed by atoms with Crippen molar-refractivity contribution in [2.75, 3.05) is 6.61 Å². The summed E-state index contributed by atoms with van der Waals surface area (Å²) in [6.07, 6.45) is 9.62. The van der Waals surface area contributed by atoms with Gasteiger partial charge in [-0.15, -0.1) is 0 Å². The number of unbranched alkanes of at least 4 members (excludes halogenated alkanes) is 1. The quantitative estimate of drug-likeness (QED) is 0.278. The van der Waals surface area contributed by atoms with Crippen LogP contribution in [0.3, 0.4) is 0 Å². The Bertz CT molecular complexity index is 1180. The molecule has 1 atom stereocenters. The molecule has 0 heterocycles. The van der Waals surface area contributed by atoms with Gasteiger partial charge >= 0.3 is 0 Å². The molecule has 184 valence electrons. The number of ether oxygens (including phenoxy) is 1. The van der Waals surface area contributed by atoms with Crippen LogP contribution in [0.4, 0.5) is 13.2 Å². The number of allylic oxidation sites excluding steroid dienone is 2. The SMILES string of the molecule is CCCCOc1ccc(-c2ccc(-c3ccc(C4=CCC(CCC)CC4)cc3F)cc2)c(F)c1F. The first-order chi connectivity index (χ1) is 17.0. The van der Waals surface area contributed by atoms with Gasteiger partial charge in [0.15, 0.2) is 11.6 Å². The van der Waals surface area contributed by atoms with Crippen molar-refractivity contribution in [2.45, 2.75) is 58.8 Å². The molecule has 0 N–H and O–H groups in total. The summed E-state index contributed by atoms with van der Waals surface area (Å²) < 4.78 is 49.6. The summed E-state index contributed by atoms with van der Waals surface area (Å²) in [5, 5.41) is 0. The Labute approximate surface area is 206 Å². The van der Waals surface area contributed by atoms with Gasteiger partial charge in [-0.25, -0.2) is 8.78 Å². The normalized spacial score (nSPS) is 15.7. The predicted molar refractivity (Wildman–Crippen MR) is 138 cm³/mol. The molecule has 4 rings (SSSR count). The second-order valence-corrected chi connectivity index (χ2v) is 9.37. The molecule has 0 spiro atoms. The third-order valence-corrected chi connectivity index (χ3v) is 6.87. The summed E-state index contributed by atoms with van der Waals surface area (Å²) in [4.78, 5) is 0. The van der Waals surface area contributed by atoms with E-state index in [0.717, 1.165) is 43.6 Å². The van der Waals surface area contributed by atoms with E-state index < -0.39 is 11.6 Å². The molecule has 0 amide bonds. The van der Waals surface area contributed by atoms with Crippen LogP contribution in [-0.4, -0.2) is 6.61 Å². The maximum Gasteiger partial charge on any atom is 0.201 e. The van der Waals surface area contributed by atoms with E-state index >= 15 is 4.39 Å². The average molecular weight is 479 g/mol. The summed E-state index contributed by atoms with van der Waals surface area (Å²) in [7, 11) is 0. The molecule has 0 radical (unpaired) electrons. The Balaban J connectivity index is 1.51. The number of rotatable bonds is 9. The van der Waals surface area contributed by atoms with Crippen LogP contribution >= 0.6 is 0 Å². The van der Waals surface area contributed by atoms with Crippen molar-refractivity contribution in [1.29, 1.82) is 0 Å². The lowest BCUT2D eigenvalue weighted by Crippen LogP contribution is -2.05. The zero-order chi connectivity index (χ0) is 24.8. The topological polar surface area (TPSA) is 9.23 Å². The van der Waals surface area contributed by atoms with Crippen molar-refractivity contribution in [3.8, 4) is 28.0 Å². The number of halogens is 3. The Morgan fingerprint density at radius 1 is 0.800 bits per heavy atom. The Hall–Kier alpha value is -3.01. The molecular formula is C31H33F3O. The molecule has 1 aliphatic rings. The fourth-order valence-electron chi connectivity index (χ4n) is 4.79. The zero-order valence-corrected chi connectivity index (χ0v) is 20.5. The van der Waals surface area contributed by atoms with Crippen LogP contribution in [0.1, 0.15) is 64.4 Å². The second-order valence-electron chi connectivity index (χ2n) is 9.37. The average Bonchev–Trinajstić information content (AvgIpc) is 2.88. The van der Waals surface area contributed by atoms with E-state index in [1.54, 1.807) is 36.4 Å². The number of benzene rings is 3.